The summed E-state index contributed by atoms with van der Waals surface area (Å²) in [6.45, 7) is 5.58. The summed E-state index contributed by atoms with van der Waals surface area (Å²) in [5.74, 6) is 0.178. The summed E-state index contributed by atoms with van der Waals surface area (Å²) in [6, 6.07) is 4.60. The third-order valence-electron chi connectivity index (χ3n) is 6.51. The first kappa shape index (κ1) is 26.0. The van der Waals surface area contributed by atoms with Crippen LogP contribution in [-0.2, 0) is 16.6 Å². The van der Waals surface area contributed by atoms with Gasteiger partial charge in [-0.1, -0.05) is 19.9 Å². The molecule has 0 atom stereocenters. The summed E-state index contributed by atoms with van der Waals surface area (Å²) in [6.07, 6.45) is 7.37. The van der Waals surface area contributed by atoms with E-state index in [9.17, 15) is 17.6 Å². The summed E-state index contributed by atoms with van der Waals surface area (Å²) in [4.78, 5) is 23.4. The first-order valence-electron chi connectivity index (χ1n) is 12.2. The van der Waals surface area contributed by atoms with E-state index < -0.39 is 15.8 Å². The van der Waals surface area contributed by atoms with Crippen molar-refractivity contribution in [3.05, 3.63) is 53.2 Å². The Morgan fingerprint density at radius 3 is 2.39 bits per heavy atom. The largest absolute Gasteiger partial charge is 0.350 e. The maximum Gasteiger partial charge on any atom is 0.350 e. The number of halogens is 1. The number of hydrogen-bond donors (Lipinski definition) is 0. The van der Waals surface area contributed by atoms with Crippen LogP contribution in [0.3, 0.4) is 0 Å². The van der Waals surface area contributed by atoms with Gasteiger partial charge in [-0.25, -0.2) is 41.1 Å². The second-order valence-electron chi connectivity index (χ2n) is 9.00. The molecular weight excluding hydrogens is 485 g/mol. The van der Waals surface area contributed by atoms with Crippen molar-refractivity contribution < 1.29 is 12.8 Å². The van der Waals surface area contributed by atoms with Crippen LogP contribution in [0.1, 0.15) is 39.5 Å². The van der Waals surface area contributed by atoms with E-state index in [2.05, 4.69) is 15.1 Å². The van der Waals surface area contributed by atoms with Crippen LogP contribution in [0.4, 0.5) is 10.3 Å². The van der Waals surface area contributed by atoms with Gasteiger partial charge < -0.3 is 4.90 Å². The van der Waals surface area contributed by atoms with Gasteiger partial charge >= 0.3 is 5.69 Å². The molecule has 2 aromatic heterocycles. The highest BCUT2D eigenvalue weighted by molar-refractivity contribution is 7.89. The van der Waals surface area contributed by atoms with E-state index in [1.807, 2.05) is 18.7 Å². The average molecular weight is 518 g/mol. The zero-order chi connectivity index (χ0) is 25.9. The normalized spacial score (nSPS) is 15.1. The zero-order valence-electron chi connectivity index (χ0n) is 20.8. The first-order valence-corrected chi connectivity index (χ1v) is 13.8. The molecule has 0 N–H and O–H groups in total. The molecule has 1 saturated heterocycles. The Morgan fingerprint density at radius 2 is 1.78 bits per heavy atom. The molecule has 12 heteroatoms. The SMILES string of the molecule is CCCn1ncn(-c2ccc(-c3cnc(N4CCC(N(C)S(=O)(=O)CCC)CC4)nc3)cc2F)c1=O. The number of nitrogens with zero attached hydrogens (tertiary/aromatic N) is 7. The van der Waals surface area contributed by atoms with Crippen LogP contribution in [0.25, 0.3) is 16.8 Å². The van der Waals surface area contributed by atoms with Gasteiger partial charge in [0.25, 0.3) is 0 Å². The lowest BCUT2D eigenvalue weighted by Crippen LogP contribution is -2.46. The van der Waals surface area contributed by atoms with Crippen molar-refractivity contribution in [3.63, 3.8) is 0 Å². The Balaban J connectivity index is 1.43. The molecule has 194 valence electrons. The van der Waals surface area contributed by atoms with E-state index in [0.717, 1.165) is 6.42 Å². The molecule has 10 nitrogen and oxygen atoms in total. The van der Waals surface area contributed by atoms with Crippen molar-refractivity contribution in [2.24, 2.45) is 0 Å². The van der Waals surface area contributed by atoms with E-state index in [1.54, 1.807) is 31.6 Å². The van der Waals surface area contributed by atoms with Gasteiger partial charge in [-0.05, 0) is 43.4 Å². The molecule has 4 rings (SSSR count). The second-order valence-corrected chi connectivity index (χ2v) is 11.1. The van der Waals surface area contributed by atoms with Gasteiger partial charge in [0.15, 0.2) is 0 Å². The van der Waals surface area contributed by atoms with Crippen molar-refractivity contribution in [1.82, 2.24) is 28.6 Å². The molecule has 1 aliphatic rings. The maximum atomic E-state index is 14.9. The third kappa shape index (κ3) is 5.34. The van der Waals surface area contributed by atoms with Gasteiger partial charge in [-0.15, -0.1) is 0 Å². The molecule has 0 spiro atoms. The minimum absolute atomic E-state index is 0.0276. The van der Waals surface area contributed by atoms with Crippen molar-refractivity contribution in [2.45, 2.75) is 52.1 Å². The number of hydrogen-bond acceptors (Lipinski definition) is 7. The fourth-order valence-corrected chi connectivity index (χ4v) is 5.91. The lowest BCUT2D eigenvalue weighted by atomic mass is 10.1. The van der Waals surface area contributed by atoms with Crippen molar-refractivity contribution in [1.29, 1.82) is 0 Å². The summed E-state index contributed by atoms with van der Waals surface area (Å²) in [7, 11) is -1.57. The predicted molar refractivity (Wildman–Crippen MR) is 136 cm³/mol. The van der Waals surface area contributed by atoms with Crippen LogP contribution in [0.5, 0.6) is 0 Å². The average Bonchev–Trinajstić information content (AvgIpc) is 3.23. The number of sulfonamides is 1. The molecule has 36 heavy (non-hydrogen) atoms. The van der Waals surface area contributed by atoms with E-state index in [1.165, 1.54) is 25.9 Å². The van der Waals surface area contributed by atoms with Gasteiger partial charge in [0, 0.05) is 50.7 Å². The van der Waals surface area contributed by atoms with Crippen molar-refractivity contribution in [2.75, 3.05) is 30.8 Å². The number of aryl methyl sites for hydroxylation is 1. The molecule has 1 aliphatic heterocycles. The van der Waals surface area contributed by atoms with E-state index in [4.69, 9.17) is 0 Å². The van der Waals surface area contributed by atoms with Gasteiger partial charge in [0.2, 0.25) is 16.0 Å². The lowest BCUT2D eigenvalue weighted by Gasteiger charge is -2.36. The molecule has 0 radical (unpaired) electrons. The number of aromatic nitrogens is 5. The number of anilines is 1. The van der Waals surface area contributed by atoms with Gasteiger partial charge in [-0.3, -0.25) is 0 Å². The van der Waals surface area contributed by atoms with Crippen molar-refractivity contribution in [3.8, 4) is 16.8 Å². The Bertz CT molecular complexity index is 1350. The highest BCUT2D eigenvalue weighted by Gasteiger charge is 2.29. The minimum atomic E-state index is -3.23. The van der Waals surface area contributed by atoms with E-state index in [-0.39, 0.29) is 23.2 Å². The smallest absolute Gasteiger partial charge is 0.341 e. The minimum Gasteiger partial charge on any atom is -0.341 e. The monoisotopic (exact) mass is 517 g/mol. The fourth-order valence-electron chi connectivity index (χ4n) is 4.44. The lowest BCUT2D eigenvalue weighted by molar-refractivity contribution is 0.311. The van der Waals surface area contributed by atoms with Crippen LogP contribution in [0.2, 0.25) is 0 Å². The van der Waals surface area contributed by atoms with Crippen LogP contribution in [0.15, 0.2) is 41.7 Å². The highest BCUT2D eigenvalue weighted by Crippen LogP contribution is 2.25. The Morgan fingerprint density at radius 1 is 1.08 bits per heavy atom. The summed E-state index contributed by atoms with van der Waals surface area (Å²) >= 11 is 0. The predicted octanol–water partition coefficient (Wildman–Crippen LogP) is 2.68. The molecule has 0 saturated carbocycles. The van der Waals surface area contributed by atoms with Gasteiger partial charge in [0.1, 0.15) is 12.1 Å². The molecule has 0 aliphatic carbocycles. The third-order valence-corrected chi connectivity index (χ3v) is 8.61. The zero-order valence-corrected chi connectivity index (χ0v) is 21.7. The summed E-state index contributed by atoms with van der Waals surface area (Å²) in [5.41, 5.74) is 1.00. The molecule has 0 amide bonds. The number of rotatable bonds is 9. The second kappa shape index (κ2) is 10.9. The molecule has 0 unspecified atom stereocenters. The summed E-state index contributed by atoms with van der Waals surface area (Å²) in [5, 5.41) is 4.04. The highest BCUT2D eigenvalue weighted by atomic mass is 32.2. The van der Waals surface area contributed by atoms with E-state index in [0.29, 0.717) is 56.0 Å². The standard InChI is InChI=1S/C24H32FN7O3S/c1-4-10-32-24(33)31(17-28-32)22-7-6-18(14-21(22)25)19-15-26-23(27-16-19)30-11-8-20(9-12-30)29(3)36(34,35)13-5-2/h6-7,14-17,20H,4-5,8-13H2,1-3H3. The van der Waals surface area contributed by atoms with Gasteiger partial charge in [-0.2, -0.15) is 5.10 Å². The van der Waals surface area contributed by atoms with Crippen molar-refractivity contribution >= 4 is 16.0 Å². The fraction of sp³-hybridized carbons (Fsp3) is 0.500. The van der Waals surface area contributed by atoms with Crippen LogP contribution < -0.4 is 10.6 Å². The quantitative estimate of drug-likeness (QED) is 0.430. The molecule has 1 aromatic carbocycles. The number of benzene rings is 1. The first-order chi connectivity index (χ1) is 17.2. The Labute approximate surface area is 210 Å². The Hall–Kier alpha value is -3.12. The molecule has 0 bridgehead atoms. The molecule has 3 aromatic rings. The summed E-state index contributed by atoms with van der Waals surface area (Å²) < 4.78 is 43.7. The van der Waals surface area contributed by atoms with Crippen LogP contribution in [-0.4, -0.2) is 69.0 Å². The number of piperidine rings is 1. The van der Waals surface area contributed by atoms with E-state index >= 15 is 0 Å². The molecule has 1 fully saturated rings. The van der Waals surface area contributed by atoms with Gasteiger partial charge in [0.05, 0.1) is 11.4 Å². The molecular formula is C24H32FN7O3S. The Kier molecular flexibility index (Phi) is 7.84. The maximum absolute atomic E-state index is 14.9. The van der Waals surface area contributed by atoms with Crippen LogP contribution >= 0.6 is 0 Å². The van der Waals surface area contributed by atoms with Crippen LogP contribution in [0, 0.1) is 5.82 Å². The molecule has 3 heterocycles. The topological polar surface area (TPSA) is 106 Å².